The van der Waals surface area contributed by atoms with Gasteiger partial charge < -0.3 is 20.7 Å². The van der Waals surface area contributed by atoms with Crippen molar-refractivity contribution in [2.24, 2.45) is 10.4 Å². The van der Waals surface area contributed by atoms with Gasteiger partial charge in [0.25, 0.3) is 0 Å². The van der Waals surface area contributed by atoms with E-state index in [1.165, 1.54) is 25.3 Å². The summed E-state index contributed by atoms with van der Waals surface area (Å²) in [5.74, 6) is 1.23. The Morgan fingerprint density at radius 1 is 1.24 bits per heavy atom. The van der Waals surface area contributed by atoms with Crippen molar-refractivity contribution in [3.63, 3.8) is 0 Å². The predicted molar refractivity (Wildman–Crippen MR) is 109 cm³/mol. The molecule has 0 amide bonds. The van der Waals surface area contributed by atoms with E-state index in [2.05, 4.69) is 20.9 Å². The molecule has 1 heterocycles. The van der Waals surface area contributed by atoms with Crippen LogP contribution in [0.5, 0.6) is 0 Å². The Morgan fingerprint density at radius 2 is 2.03 bits per heavy atom. The first kappa shape index (κ1) is 23.3. The van der Waals surface area contributed by atoms with Crippen LogP contribution < -0.4 is 16.0 Å². The van der Waals surface area contributed by atoms with Gasteiger partial charge in [-0.05, 0) is 50.2 Å². The van der Waals surface area contributed by atoms with Gasteiger partial charge in [-0.25, -0.2) is 4.98 Å². The second-order valence-corrected chi connectivity index (χ2v) is 7.43. The van der Waals surface area contributed by atoms with E-state index in [4.69, 9.17) is 9.73 Å². The zero-order chi connectivity index (χ0) is 21.2. The van der Waals surface area contributed by atoms with Gasteiger partial charge in [-0.2, -0.15) is 13.2 Å². The normalized spacial score (nSPS) is 16.2. The Morgan fingerprint density at radius 3 is 2.59 bits per heavy atom. The summed E-state index contributed by atoms with van der Waals surface area (Å²) in [6, 6.07) is 2.38. The SMILES string of the molecule is CCNC(=NCC1(CCOC)CCC1)NCCCNc1ccc(C(F)(F)F)cn1. The lowest BCUT2D eigenvalue weighted by Crippen LogP contribution is -2.40. The monoisotopic (exact) mass is 415 g/mol. The molecule has 3 N–H and O–H groups in total. The Kier molecular flexibility index (Phi) is 9.00. The summed E-state index contributed by atoms with van der Waals surface area (Å²) in [4.78, 5) is 8.55. The number of ether oxygens (including phenoxy) is 1. The van der Waals surface area contributed by atoms with Crippen LogP contribution >= 0.6 is 0 Å². The highest BCUT2D eigenvalue weighted by atomic mass is 19.4. The van der Waals surface area contributed by atoms with Crippen molar-refractivity contribution < 1.29 is 17.9 Å². The molecule has 0 bridgehead atoms. The van der Waals surface area contributed by atoms with Gasteiger partial charge in [-0.15, -0.1) is 0 Å². The highest BCUT2D eigenvalue weighted by Crippen LogP contribution is 2.44. The fourth-order valence-electron chi connectivity index (χ4n) is 3.25. The molecule has 6 nitrogen and oxygen atoms in total. The number of hydrogen-bond donors (Lipinski definition) is 3. The Bertz CT molecular complexity index is 630. The number of nitrogens with zero attached hydrogens (tertiary/aromatic N) is 2. The topological polar surface area (TPSA) is 70.6 Å². The number of methoxy groups -OCH3 is 1. The van der Waals surface area contributed by atoms with E-state index in [9.17, 15) is 13.2 Å². The van der Waals surface area contributed by atoms with Crippen LogP contribution in [0.4, 0.5) is 19.0 Å². The summed E-state index contributed by atoms with van der Waals surface area (Å²) in [6.45, 7) is 5.67. The molecule has 0 aliphatic heterocycles. The van der Waals surface area contributed by atoms with Crippen molar-refractivity contribution in [2.75, 3.05) is 45.2 Å². The molecule has 1 fully saturated rings. The Hall–Kier alpha value is -2.03. The van der Waals surface area contributed by atoms with E-state index in [1.54, 1.807) is 7.11 Å². The molecule has 1 aromatic rings. The van der Waals surface area contributed by atoms with Crippen LogP contribution in [0.1, 0.15) is 44.6 Å². The summed E-state index contributed by atoms with van der Waals surface area (Å²) >= 11 is 0. The number of hydrogen-bond acceptors (Lipinski definition) is 4. The van der Waals surface area contributed by atoms with Crippen LogP contribution in [-0.4, -0.2) is 50.8 Å². The Balaban J connectivity index is 1.72. The zero-order valence-corrected chi connectivity index (χ0v) is 17.2. The maximum atomic E-state index is 12.5. The van der Waals surface area contributed by atoms with Crippen LogP contribution in [0.15, 0.2) is 23.3 Å². The van der Waals surface area contributed by atoms with Crippen LogP contribution in [0.2, 0.25) is 0 Å². The quantitative estimate of drug-likeness (QED) is 0.292. The highest BCUT2D eigenvalue weighted by molar-refractivity contribution is 5.79. The van der Waals surface area contributed by atoms with Gasteiger partial charge in [0.2, 0.25) is 0 Å². The number of nitrogens with one attached hydrogen (secondary N) is 3. The number of halogens is 3. The Labute approximate surface area is 170 Å². The van der Waals surface area contributed by atoms with E-state index in [1.807, 2.05) is 6.92 Å². The van der Waals surface area contributed by atoms with Crippen molar-refractivity contribution in [3.8, 4) is 0 Å². The molecule has 0 radical (unpaired) electrons. The van der Waals surface area contributed by atoms with Crippen LogP contribution in [-0.2, 0) is 10.9 Å². The molecule has 164 valence electrons. The molecule has 0 atom stereocenters. The summed E-state index contributed by atoms with van der Waals surface area (Å²) in [7, 11) is 1.73. The zero-order valence-electron chi connectivity index (χ0n) is 17.2. The molecule has 0 spiro atoms. The maximum absolute atomic E-state index is 12.5. The number of anilines is 1. The number of guanidine groups is 1. The van der Waals surface area contributed by atoms with Crippen molar-refractivity contribution >= 4 is 11.8 Å². The van der Waals surface area contributed by atoms with E-state index < -0.39 is 11.7 Å². The third kappa shape index (κ3) is 7.72. The minimum absolute atomic E-state index is 0.272. The smallest absolute Gasteiger partial charge is 0.385 e. The second kappa shape index (κ2) is 11.2. The fraction of sp³-hybridized carbons (Fsp3) is 0.700. The van der Waals surface area contributed by atoms with Crippen LogP contribution in [0.3, 0.4) is 0 Å². The van der Waals surface area contributed by atoms with E-state index in [0.29, 0.717) is 18.9 Å². The van der Waals surface area contributed by atoms with Crippen molar-refractivity contribution in [1.82, 2.24) is 15.6 Å². The lowest BCUT2D eigenvalue weighted by Gasteiger charge is -2.40. The molecule has 1 saturated carbocycles. The number of alkyl halides is 3. The summed E-state index contributed by atoms with van der Waals surface area (Å²) < 4.78 is 42.9. The molecule has 9 heteroatoms. The van der Waals surface area contributed by atoms with Gasteiger partial charge in [0, 0.05) is 46.1 Å². The fourth-order valence-corrected chi connectivity index (χ4v) is 3.25. The molecule has 1 aliphatic carbocycles. The summed E-state index contributed by atoms with van der Waals surface area (Å²) in [5.41, 5.74) is -0.473. The molecule has 0 saturated heterocycles. The van der Waals surface area contributed by atoms with Gasteiger partial charge >= 0.3 is 6.18 Å². The first-order valence-corrected chi connectivity index (χ1v) is 10.2. The third-order valence-electron chi connectivity index (χ3n) is 5.21. The van der Waals surface area contributed by atoms with Crippen molar-refractivity contribution in [3.05, 3.63) is 23.9 Å². The van der Waals surface area contributed by atoms with Gasteiger partial charge in [0.15, 0.2) is 5.96 Å². The second-order valence-electron chi connectivity index (χ2n) is 7.43. The minimum Gasteiger partial charge on any atom is -0.385 e. The molecule has 29 heavy (non-hydrogen) atoms. The van der Waals surface area contributed by atoms with Crippen LogP contribution in [0.25, 0.3) is 0 Å². The van der Waals surface area contributed by atoms with E-state index >= 15 is 0 Å². The van der Waals surface area contributed by atoms with E-state index in [-0.39, 0.29) is 5.41 Å². The number of aliphatic imine (C=N–C) groups is 1. The standard InChI is InChI=1S/C20H32F3N5O/c1-3-24-18(28-15-19(8-4-9-19)10-13-29-2)26-12-5-11-25-17-7-6-16(14-27-17)20(21,22)23/h6-7,14H,3-5,8-13,15H2,1-2H3,(H,25,27)(H2,24,26,28). The van der Waals surface area contributed by atoms with Gasteiger partial charge in [0.05, 0.1) is 5.56 Å². The van der Waals surface area contributed by atoms with Crippen molar-refractivity contribution in [1.29, 1.82) is 0 Å². The first-order valence-electron chi connectivity index (χ1n) is 10.2. The van der Waals surface area contributed by atoms with E-state index in [0.717, 1.165) is 50.8 Å². The highest BCUT2D eigenvalue weighted by Gasteiger charge is 2.36. The van der Waals surface area contributed by atoms with Gasteiger partial charge in [-0.3, -0.25) is 4.99 Å². The lowest BCUT2D eigenvalue weighted by atomic mass is 9.67. The average Bonchev–Trinajstić information content (AvgIpc) is 2.66. The molecule has 2 rings (SSSR count). The molecule has 0 unspecified atom stereocenters. The maximum Gasteiger partial charge on any atom is 0.417 e. The van der Waals surface area contributed by atoms with Crippen molar-refractivity contribution in [2.45, 2.75) is 45.2 Å². The lowest BCUT2D eigenvalue weighted by molar-refractivity contribution is -0.137. The van der Waals surface area contributed by atoms with Crippen LogP contribution in [0, 0.1) is 5.41 Å². The molecular weight excluding hydrogens is 383 g/mol. The minimum atomic E-state index is -4.36. The predicted octanol–water partition coefficient (Wildman–Crippen LogP) is 3.66. The summed E-state index contributed by atoms with van der Waals surface area (Å²) in [5, 5.41) is 9.60. The van der Waals surface area contributed by atoms with Gasteiger partial charge in [-0.1, -0.05) is 6.42 Å². The molecule has 1 aliphatic rings. The first-order chi connectivity index (χ1) is 13.9. The third-order valence-corrected chi connectivity index (χ3v) is 5.21. The average molecular weight is 416 g/mol. The largest absolute Gasteiger partial charge is 0.417 e. The summed E-state index contributed by atoms with van der Waals surface area (Å²) in [6.07, 6.45) is 1.95. The molecule has 1 aromatic heterocycles. The molecule has 0 aromatic carbocycles. The molecular formula is C20H32F3N5O. The number of aromatic nitrogens is 1. The number of rotatable bonds is 11. The van der Waals surface area contributed by atoms with Gasteiger partial charge in [0.1, 0.15) is 5.82 Å². The number of pyridine rings is 1.